The Morgan fingerprint density at radius 2 is 1.74 bits per heavy atom. The van der Waals surface area contributed by atoms with Gasteiger partial charge in [-0.25, -0.2) is 13.8 Å². The second kappa shape index (κ2) is 13.9. The second-order valence-corrected chi connectivity index (χ2v) is 12.5. The number of nitrogens with one attached hydrogen (secondary N) is 1. The zero-order valence-corrected chi connectivity index (χ0v) is 26.3. The summed E-state index contributed by atoms with van der Waals surface area (Å²) in [7, 11) is -2.56. The van der Waals surface area contributed by atoms with Gasteiger partial charge in [-0.15, -0.1) is 0 Å². The lowest BCUT2D eigenvalue weighted by Gasteiger charge is -2.25. The fraction of sp³-hybridized carbons (Fsp3) is 0.161. The van der Waals surface area contributed by atoms with E-state index in [4.69, 9.17) is 21.1 Å². The van der Waals surface area contributed by atoms with E-state index in [1.165, 1.54) is 37.1 Å². The molecule has 1 N–H and O–H groups in total. The fourth-order valence-electron chi connectivity index (χ4n) is 4.01. The van der Waals surface area contributed by atoms with E-state index in [1.807, 2.05) is 31.2 Å². The van der Waals surface area contributed by atoms with E-state index in [1.54, 1.807) is 49.4 Å². The van der Waals surface area contributed by atoms with Crippen molar-refractivity contribution in [2.75, 3.05) is 18.0 Å². The van der Waals surface area contributed by atoms with E-state index in [9.17, 15) is 13.2 Å². The van der Waals surface area contributed by atoms with Crippen molar-refractivity contribution in [3.05, 3.63) is 117 Å². The molecule has 0 saturated carbocycles. The summed E-state index contributed by atoms with van der Waals surface area (Å²) in [6, 6.07) is 24.3. The van der Waals surface area contributed by atoms with Gasteiger partial charge in [0.05, 0.1) is 28.4 Å². The van der Waals surface area contributed by atoms with E-state index in [0.717, 1.165) is 9.87 Å². The minimum absolute atomic E-state index is 0.0438. The van der Waals surface area contributed by atoms with Crippen molar-refractivity contribution in [2.45, 2.75) is 25.3 Å². The Bertz CT molecular complexity index is 1700. The summed E-state index contributed by atoms with van der Waals surface area (Å²) in [5.74, 6) is 0.355. The van der Waals surface area contributed by atoms with Crippen LogP contribution < -0.4 is 19.2 Å². The molecule has 0 atom stereocenters. The highest BCUT2D eigenvalue weighted by Crippen LogP contribution is 2.37. The number of hydrogen-bond acceptors (Lipinski definition) is 6. The van der Waals surface area contributed by atoms with Crippen LogP contribution in [-0.2, 0) is 21.4 Å². The Morgan fingerprint density at radius 1 is 1.02 bits per heavy atom. The first kappa shape index (κ1) is 31.1. The third-order valence-corrected chi connectivity index (χ3v) is 8.81. The number of carbonyl (C=O) groups is 1. The molecule has 0 aliphatic rings. The van der Waals surface area contributed by atoms with Gasteiger partial charge in [0.25, 0.3) is 15.9 Å². The number of amides is 1. The van der Waals surface area contributed by atoms with Gasteiger partial charge < -0.3 is 9.47 Å². The quantitative estimate of drug-likeness (QED) is 0.142. The molecule has 0 aromatic heterocycles. The van der Waals surface area contributed by atoms with Crippen LogP contribution >= 0.6 is 27.5 Å². The molecule has 8 nitrogen and oxygen atoms in total. The number of hydrogen-bond donors (Lipinski definition) is 1. The van der Waals surface area contributed by atoms with Gasteiger partial charge in [-0.2, -0.15) is 5.10 Å². The molecule has 0 bridgehead atoms. The van der Waals surface area contributed by atoms with Gasteiger partial charge in [-0.3, -0.25) is 9.10 Å². The van der Waals surface area contributed by atoms with Crippen LogP contribution in [0.5, 0.6) is 11.5 Å². The molecular formula is C31H29BrClN3O5S. The van der Waals surface area contributed by atoms with Gasteiger partial charge in [0.2, 0.25) is 0 Å². The minimum atomic E-state index is -4.09. The van der Waals surface area contributed by atoms with E-state index < -0.39 is 22.5 Å². The van der Waals surface area contributed by atoms with Crippen molar-refractivity contribution in [3.63, 3.8) is 0 Å². The molecule has 11 heteroatoms. The average molecular weight is 671 g/mol. The third-order valence-electron chi connectivity index (χ3n) is 6.22. The van der Waals surface area contributed by atoms with Crippen LogP contribution in [0.25, 0.3) is 0 Å². The van der Waals surface area contributed by atoms with Crippen molar-refractivity contribution in [3.8, 4) is 11.5 Å². The van der Waals surface area contributed by atoms with Gasteiger partial charge in [0.15, 0.2) is 11.5 Å². The first-order valence-electron chi connectivity index (χ1n) is 12.8. The number of benzene rings is 4. The summed E-state index contributed by atoms with van der Waals surface area (Å²) in [6.45, 7) is 3.60. The van der Waals surface area contributed by atoms with Crippen LogP contribution in [-0.4, -0.2) is 34.2 Å². The van der Waals surface area contributed by atoms with Crippen molar-refractivity contribution in [1.82, 2.24) is 5.43 Å². The maximum atomic E-state index is 13.6. The molecule has 0 saturated heterocycles. The van der Waals surface area contributed by atoms with Crippen LogP contribution in [0.3, 0.4) is 0 Å². The number of sulfonamides is 1. The molecule has 0 heterocycles. The Hall–Kier alpha value is -3.86. The molecule has 1 amide bonds. The van der Waals surface area contributed by atoms with Gasteiger partial charge in [0.1, 0.15) is 13.2 Å². The largest absolute Gasteiger partial charge is 0.493 e. The van der Waals surface area contributed by atoms with Crippen LogP contribution in [0.2, 0.25) is 5.02 Å². The molecule has 0 aliphatic carbocycles. The number of rotatable bonds is 11. The first-order chi connectivity index (χ1) is 20.1. The molecule has 0 fully saturated rings. The average Bonchev–Trinajstić information content (AvgIpc) is 2.97. The van der Waals surface area contributed by atoms with E-state index in [-0.39, 0.29) is 4.90 Å². The third kappa shape index (κ3) is 7.70. The summed E-state index contributed by atoms with van der Waals surface area (Å²) in [6.07, 6.45) is 1.43. The number of anilines is 1. The van der Waals surface area contributed by atoms with Crippen molar-refractivity contribution < 1.29 is 22.7 Å². The standard InChI is InChI=1S/C31H29BrClN3O5S/c1-21-9-12-23(13-10-21)20-41-31-27(32)15-24(16-29(31)40-3)18-34-35-30(37)19-36(28-17-25(33)14-11-22(28)2)42(38,39)26-7-5-4-6-8-26/h4-18H,19-20H2,1-3H3,(H,35,37)/b34-18-. The van der Waals surface area contributed by atoms with Gasteiger partial charge in [-0.1, -0.05) is 65.7 Å². The number of hydrazone groups is 1. The number of halogens is 2. The highest BCUT2D eigenvalue weighted by Gasteiger charge is 2.28. The minimum Gasteiger partial charge on any atom is -0.493 e. The molecule has 4 aromatic rings. The summed E-state index contributed by atoms with van der Waals surface area (Å²) in [5, 5.41) is 4.38. The lowest BCUT2D eigenvalue weighted by molar-refractivity contribution is -0.119. The number of nitrogens with zero attached hydrogens (tertiary/aromatic N) is 2. The Balaban J connectivity index is 1.50. The fourth-order valence-corrected chi connectivity index (χ4v) is 6.25. The smallest absolute Gasteiger partial charge is 0.264 e. The normalized spacial score (nSPS) is 11.4. The Kier molecular flexibility index (Phi) is 10.3. The topological polar surface area (TPSA) is 97.3 Å². The van der Waals surface area contributed by atoms with Gasteiger partial charge >= 0.3 is 0 Å². The summed E-state index contributed by atoms with van der Waals surface area (Å²) >= 11 is 9.70. The Labute approximate surface area is 259 Å². The molecular weight excluding hydrogens is 642 g/mol. The number of carbonyl (C=O) groups excluding carboxylic acids is 1. The highest BCUT2D eigenvalue weighted by molar-refractivity contribution is 9.10. The van der Waals surface area contributed by atoms with Crippen LogP contribution in [0.4, 0.5) is 5.69 Å². The number of ether oxygens (including phenoxy) is 2. The van der Waals surface area contributed by atoms with Gasteiger partial charge in [0, 0.05) is 5.02 Å². The monoisotopic (exact) mass is 669 g/mol. The van der Waals surface area contributed by atoms with Crippen LogP contribution in [0, 0.1) is 13.8 Å². The van der Waals surface area contributed by atoms with E-state index in [2.05, 4.69) is 26.5 Å². The first-order valence-corrected chi connectivity index (χ1v) is 15.4. The molecule has 0 spiro atoms. The van der Waals surface area contributed by atoms with Crippen LogP contribution in [0.15, 0.2) is 99.4 Å². The van der Waals surface area contributed by atoms with Crippen molar-refractivity contribution in [2.24, 2.45) is 5.10 Å². The zero-order valence-electron chi connectivity index (χ0n) is 23.2. The predicted octanol–water partition coefficient (Wildman–Crippen LogP) is 6.65. The number of methoxy groups -OCH3 is 1. The molecule has 218 valence electrons. The molecule has 0 unspecified atom stereocenters. The molecule has 0 radical (unpaired) electrons. The second-order valence-electron chi connectivity index (χ2n) is 9.36. The van der Waals surface area contributed by atoms with E-state index >= 15 is 0 Å². The zero-order chi connectivity index (χ0) is 30.3. The molecule has 0 aliphatic heterocycles. The maximum Gasteiger partial charge on any atom is 0.264 e. The summed E-state index contributed by atoms with van der Waals surface area (Å²) in [4.78, 5) is 13.0. The van der Waals surface area contributed by atoms with Crippen molar-refractivity contribution >= 4 is 55.4 Å². The number of aryl methyl sites for hydroxylation is 2. The summed E-state index contributed by atoms with van der Waals surface area (Å²) in [5.41, 5.74) is 6.13. The highest BCUT2D eigenvalue weighted by atomic mass is 79.9. The molecule has 42 heavy (non-hydrogen) atoms. The maximum absolute atomic E-state index is 13.6. The van der Waals surface area contributed by atoms with E-state index in [0.29, 0.717) is 44.4 Å². The molecule has 4 aromatic carbocycles. The summed E-state index contributed by atoms with van der Waals surface area (Å²) < 4.78 is 40.3. The van der Waals surface area contributed by atoms with Crippen LogP contribution in [0.1, 0.15) is 22.3 Å². The van der Waals surface area contributed by atoms with Crippen molar-refractivity contribution in [1.29, 1.82) is 0 Å². The van der Waals surface area contributed by atoms with Gasteiger partial charge in [-0.05, 0) is 82.9 Å². The predicted molar refractivity (Wildman–Crippen MR) is 169 cm³/mol. The SMILES string of the molecule is COc1cc(/C=N\NC(=O)CN(c2cc(Cl)ccc2C)S(=O)(=O)c2ccccc2)cc(Br)c1OCc1ccc(C)cc1. The Morgan fingerprint density at radius 3 is 2.43 bits per heavy atom. The lowest BCUT2D eigenvalue weighted by atomic mass is 10.2. The molecule has 4 rings (SSSR count). The lowest BCUT2D eigenvalue weighted by Crippen LogP contribution is -2.40.